The summed E-state index contributed by atoms with van der Waals surface area (Å²) in [7, 11) is 0. The summed E-state index contributed by atoms with van der Waals surface area (Å²) >= 11 is 12.7. The lowest BCUT2D eigenvalue weighted by molar-refractivity contribution is 0.387. The molecule has 1 N–H and O–H groups in total. The molecule has 0 aromatic heterocycles. The number of rotatable bonds is 2. The molecule has 1 saturated heterocycles. The second-order valence-electron chi connectivity index (χ2n) is 5.93. The first kappa shape index (κ1) is 17.5. The third kappa shape index (κ3) is 3.70. The van der Waals surface area contributed by atoms with E-state index < -0.39 is 0 Å². The minimum Gasteiger partial charge on any atom is -0.302 e. The van der Waals surface area contributed by atoms with Gasteiger partial charge in [0, 0.05) is 22.1 Å². The van der Waals surface area contributed by atoms with Gasteiger partial charge in [-0.05, 0) is 41.7 Å². The number of piperidine rings is 1. The average molecular weight is 368 g/mol. The lowest BCUT2D eigenvalue weighted by atomic mass is 9.84. The molecule has 1 aliphatic rings. The quantitative estimate of drug-likeness (QED) is 0.712. The normalized spacial score (nSPS) is 19.8. The number of halogens is 2. The number of allylic oxidation sites excluding steroid dienone is 1. The van der Waals surface area contributed by atoms with Crippen LogP contribution in [0.3, 0.4) is 0 Å². The van der Waals surface area contributed by atoms with E-state index in [4.69, 9.17) is 23.2 Å². The Morgan fingerprint density at radius 2 is 1.28 bits per heavy atom. The van der Waals surface area contributed by atoms with E-state index in [9.17, 15) is 10.5 Å². The Bertz CT molecular complexity index is 834. The van der Waals surface area contributed by atoms with Gasteiger partial charge in [0.2, 0.25) is 0 Å². The van der Waals surface area contributed by atoms with Gasteiger partial charge in [0.05, 0.1) is 0 Å². The molecule has 25 heavy (non-hydrogen) atoms. The van der Waals surface area contributed by atoms with Crippen molar-refractivity contribution in [2.75, 3.05) is 0 Å². The van der Waals surface area contributed by atoms with Crippen molar-refractivity contribution in [3.05, 3.63) is 80.8 Å². The number of nitriles is 2. The first-order chi connectivity index (χ1) is 12.1. The number of hydrogen-bond donors (Lipinski definition) is 1. The molecule has 2 aromatic rings. The van der Waals surface area contributed by atoms with Gasteiger partial charge >= 0.3 is 0 Å². The predicted octanol–water partition coefficient (Wildman–Crippen LogP) is 5.50. The summed E-state index contributed by atoms with van der Waals surface area (Å²) in [6.45, 7) is 0. The Labute approximate surface area is 157 Å². The van der Waals surface area contributed by atoms with E-state index in [1.165, 1.54) is 0 Å². The largest absolute Gasteiger partial charge is 0.302 e. The third-order valence-electron chi connectivity index (χ3n) is 4.44. The second-order valence-corrected chi connectivity index (χ2v) is 6.74. The fraction of sp³-hybridized carbons (Fsp3) is 0.200. The molecule has 0 aliphatic carbocycles. The van der Waals surface area contributed by atoms with Crippen molar-refractivity contribution in [1.29, 1.82) is 10.5 Å². The van der Waals surface area contributed by atoms with Gasteiger partial charge in [-0.1, -0.05) is 59.6 Å². The second kappa shape index (κ2) is 7.72. The van der Waals surface area contributed by atoms with Crippen molar-refractivity contribution in [2.45, 2.75) is 24.9 Å². The molecule has 0 saturated carbocycles. The van der Waals surface area contributed by atoms with Gasteiger partial charge in [0.15, 0.2) is 0 Å². The fourth-order valence-electron chi connectivity index (χ4n) is 3.24. The van der Waals surface area contributed by atoms with Gasteiger partial charge < -0.3 is 5.32 Å². The topological polar surface area (TPSA) is 59.6 Å². The number of hydrogen-bond acceptors (Lipinski definition) is 3. The number of nitrogens with zero attached hydrogens (tertiary/aromatic N) is 2. The molecule has 1 heterocycles. The van der Waals surface area contributed by atoms with Crippen molar-refractivity contribution in [3.8, 4) is 12.1 Å². The van der Waals surface area contributed by atoms with Gasteiger partial charge in [-0.3, -0.25) is 0 Å². The summed E-state index contributed by atoms with van der Waals surface area (Å²) in [6, 6.07) is 19.1. The molecule has 0 spiro atoms. The van der Waals surface area contributed by atoms with E-state index >= 15 is 0 Å². The monoisotopic (exact) mass is 367 g/mol. The molecule has 2 aromatic carbocycles. The Morgan fingerprint density at radius 1 is 0.840 bits per heavy atom. The van der Waals surface area contributed by atoms with Crippen LogP contribution in [0.2, 0.25) is 10.0 Å². The molecule has 0 bridgehead atoms. The molecule has 0 unspecified atom stereocenters. The van der Waals surface area contributed by atoms with E-state index in [0.29, 0.717) is 22.9 Å². The zero-order valence-corrected chi connectivity index (χ0v) is 14.8. The van der Waals surface area contributed by atoms with Crippen molar-refractivity contribution in [3.63, 3.8) is 0 Å². The lowest BCUT2D eigenvalue weighted by Gasteiger charge is -2.34. The van der Waals surface area contributed by atoms with E-state index in [0.717, 1.165) is 16.7 Å². The minimum atomic E-state index is -0.0876. The zero-order chi connectivity index (χ0) is 17.8. The molecule has 124 valence electrons. The van der Waals surface area contributed by atoms with Crippen LogP contribution in [-0.4, -0.2) is 0 Å². The smallest absolute Gasteiger partial charge is 0.129 e. The molecule has 0 amide bonds. The predicted molar refractivity (Wildman–Crippen MR) is 99.0 cm³/mol. The van der Waals surface area contributed by atoms with Crippen LogP contribution in [-0.2, 0) is 0 Å². The van der Waals surface area contributed by atoms with Crippen molar-refractivity contribution >= 4 is 23.2 Å². The summed E-state index contributed by atoms with van der Waals surface area (Å²) in [6.07, 6.45) is 1.14. The van der Waals surface area contributed by atoms with E-state index in [-0.39, 0.29) is 17.7 Å². The van der Waals surface area contributed by atoms with Gasteiger partial charge in [-0.2, -0.15) is 10.5 Å². The molecule has 2 atom stereocenters. The van der Waals surface area contributed by atoms with Crippen LogP contribution in [0.25, 0.3) is 0 Å². The SMILES string of the molecule is N#CC(C#N)=C1C[C@@H](c2ccccc2Cl)N[C@@H](c2ccccc2Cl)C1. The van der Waals surface area contributed by atoms with Gasteiger partial charge in [0.25, 0.3) is 0 Å². The van der Waals surface area contributed by atoms with Gasteiger partial charge in [-0.15, -0.1) is 0 Å². The van der Waals surface area contributed by atoms with Crippen molar-refractivity contribution < 1.29 is 0 Å². The van der Waals surface area contributed by atoms with Crippen LogP contribution in [0.5, 0.6) is 0 Å². The Balaban J connectivity index is 2.05. The average Bonchev–Trinajstić information content (AvgIpc) is 2.63. The van der Waals surface area contributed by atoms with Crippen LogP contribution in [0.4, 0.5) is 0 Å². The summed E-state index contributed by atoms with van der Waals surface area (Å²) in [5, 5.41) is 23.5. The highest BCUT2D eigenvalue weighted by Crippen LogP contribution is 2.40. The molecular weight excluding hydrogens is 353 g/mol. The maximum absolute atomic E-state index is 9.30. The molecule has 3 rings (SSSR count). The summed E-state index contributed by atoms with van der Waals surface area (Å²) in [4.78, 5) is 0. The molecular formula is C20H15Cl2N3. The first-order valence-electron chi connectivity index (χ1n) is 7.91. The highest BCUT2D eigenvalue weighted by molar-refractivity contribution is 6.31. The number of nitrogens with one attached hydrogen (secondary N) is 1. The van der Waals surface area contributed by atoms with Crippen LogP contribution < -0.4 is 5.32 Å². The Hall–Kier alpha value is -2.30. The van der Waals surface area contributed by atoms with Crippen LogP contribution in [0, 0.1) is 22.7 Å². The van der Waals surface area contributed by atoms with Crippen LogP contribution >= 0.6 is 23.2 Å². The molecule has 1 fully saturated rings. The molecule has 0 radical (unpaired) electrons. The van der Waals surface area contributed by atoms with E-state index in [1.807, 2.05) is 60.7 Å². The zero-order valence-electron chi connectivity index (χ0n) is 13.3. The van der Waals surface area contributed by atoms with Crippen LogP contribution in [0.1, 0.15) is 36.1 Å². The first-order valence-corrected chi connectivity index (χ1v) is 8.66. The van der Waals surface area contributed by atoms with E-state index in [2.05, 4.69) is 5.32 Å². The molecule has 1 aliphatic heterocycles. The Kier molecular flexibility index (Phi) is 5.41. The standard InChI is InChI=1S/C20H15Cl2N3/c21-17-7-3-1-5-15(17)19-9-13(14(11-23)12-24)10-20(25-19)16-6-2-4-8-18(16)22/h1-8,19-20,25H,9-10H2/t19-,20+. The molecule has 3 nitrogen and oxygen atoms in total. The maximum atomic E-state index is 9.30. The summed E-state index contributed by atoms with van der Waals surface area (Å²) < 4.78 is 0. The minimum absolute atomic E-state index is 0.0876. The van der Waals surface area contributed by atoms with Crippen molar-refractivity contribution in [1.82, 2.24) is 5.32 Å². The molecule has 5 heteroatoms. The highest BCUT2D eigenvalue weighted by Gasteiger charge is 2.30. The maximum Gasteiger partial charge on any atom is 0.129 e. The van der Waals surface area contributed by atoms with E-state index in [1.54, 1.807) is 0 Å². The summed E-state index contributed by atoms with van der Waals surface area (Å²) in [5.74, 6) is 0. The summed E-state index contributed by atoms with van der Waals surface area (Å²) in [5.41, 5.74) is 2.91. The van der Waals surface area contributed by atoms with Gasteiger partial charge in [0.1, 0.15) is 17.7 Å². The number of benzene rings is 2. The third-order valence-corrected chi connectivity index (χ3v) is 5.13. The van der Waals surface area contributed by atoms with Gasteiger partial charge in [-0.25, -0.2) is 0 Å². The lowest BCUT2D eigenvalue weighted by Crippen LogP contribution is -2.32. The van der Waals surface area contributed by atoms with Crippen LogP contribution in [0.15, 0.2) is 59.7 Å². The fourth-order valence-corrected chi connectivity index (χ4v) is 3.77. The van der Waals surface area contributed by atoms with Crippen molar-refractivity contribution in [2.24, 2.45) is 0 Å². The Morgan fingerprint density at radius 3 is 1.68 bits per heavy atom. The highest BCUT2D eigenvalue weighted by atomic mass is 35.5.